The van der Waals surface area contributed by atoms with E-state index in [9.17, 15) is 9.90 Å². The predicted octanol–water partition coefficient (Wildman–Crippen LogP) is 2.43. The van der Waals surface area contributed by atoms with Crippen LogP contribution in [-0.4, -0.2) is 37.6 Å². The van der Waals surface area contributed by atoms with Gasteiger partial charge < -0.3 is 19.5 Å². The molecule has 0 aliphatic heterocycles. The fraction of sp³-hybridized carbons (Fsp3) is 0.421. The first-order valence-corrected chi connectivity index (χ1v) is 9.11. The maximum absolute atomic E-state index is 10.7. The Morgan fingerprint density at radius 2 is 2.00 bits per heavy atom. The van der Waals surface area contributed by atoms with Crippen LogP contribution in [0.2, 0.25) is 0 Å². The average Bonchev–Trinajstić information content (AvgIpc) is 3.06. The van der Waals surface area contributed by atoms with Crippen LogP contribution < -0.4 is 9.84 Å². The van der Waals surface area contributed by atoms with Crippen LogP contribution in [0.3, 0.4) is 0 Å². The van der Waals surface area contributed by atoms with Crippen LogP contribution in [0.25, 0.3) is 0 Å². The van der Waals surface area contributed by atoms with Gasteiger partial charge in [-0.1, -0.05) is 19.1 Å². The Balaban J connectivity index is 1.66. The fourth-order valence-corrected chi connectivity index (χ4v) is 3.16. The van der Waals surface area contributed by atoms with Crippen molar-refractivity contribution < 1.29 is 14.6 Å². The number of ether oxygens (including phenoxy) is 1. The van der Waals surface area contributed by atoms with Gasteiger partial charge in [0.25, 0.3) is 0 Å². The molecule has 0 radical (unpaired) electrons. The van der Waals surface area contributed by atoms with Crippen molar-refractivity contribution in [1.82, 2.24) is 4.90 Å². The van der Waals surface area contributed by atoms with Crippen molar-refractivity contribution >= 4 is 17.3 Å². The summed E-state index contributed by atoms with van der Waals surface area (Å²) in [4.78, 5) is 12.7. The van der Waals surface area contributed by atoms with E-state index in [4.69, 9.17) is 4.74 Å². The third kappa shape index (κ3) is 6.34. The lowest BCUT2D eigenvalue weighted by molar-refractivity contribution is -0.311. The Hall–Kier alpha value is -1.85. The summed E-state index contributed by atoms with van der Waals surface area (Å²) in [5, 5.41) is 15.0. The van der Waals surface area contributed by atoms with Crippen molar-refractivity contribution in [3.8, 4) is 5.75 Å². The first-order chi connectivity index (χ1) is 11.5. The van der Waals surface area contributed by atoms with E-state index in [1.807, 2.05) is 24.1 Å². The smallest absolute Gasteiger partial charge is 0.119 e. The average molecular weight is 346 g/mol. The van der Waals surface area contributed by atoms with Gasteiger partial charge >= 0.3 is 0 Å². The second kappa shape index (κ2) is 9.45. The van der Waals surface area contributed by atoms with E-state index < -0.39 is 11.9 Å². The number of thiophene rings is 1. The molecule has 2 rings (SSSR count). The molecule has 0 aliphatic carbocycles. The number of carboxylic acids is 1. The van der Waals surface area contributed by atoms with Crippen LogP contribution in [0.4, 0.5) is 0 Å². The van der Waals surface area contributed by atoms with Crippen molar-refractivity contribution in [3.05, 3.63) is 52.2 Å². The summed E-state index contributed by atoms with van der Waals surface area (Å²) in [6.45, 7) is 3.58. The summed E-state index contributed by atoms with van der Waals surface area (Å²) in [5.74, 6) is -0.581. The molecule has 0 saturated heterocycles. The fourth-order valence-electron chi connectivity index (χ4n) is 2.49. The normalized spacial score (nSPS) is 12.3. The lowest BCUT2D eigenvalue weighted by atomic mass is 10.1. The molecule has 0 spiro atoms. The van der Waals surface area contributed by atoms with E-state index in [0.29, 0.717) is 13.2 Å². The van der Waals surface area contributed by atoms with Crippen molar-refractivity contribution in [1.29, 1.82) is 0 Å². The van der Waals surface area contributed by atoms with Gasteiger partial charge in [-0.25, -0.2) is 0 Å². The monoisotopic (exact) mass is 346 g/mol. The summed E-state index contributed by atoms with van der Waals surface area (Å²) >= 11 is 1.72. The zero-order valence-electron chi connectivity index (χ0n) is 14.2. The van der Waals surface area contributed by atoms with Gasteiger partial charge in [0.05, 0.1) is 6.61 Å². The van der Waals surface area contributed by atoms with Gasteiger partial charge in [0.15, 0.2) is 0 Å². The highest BCUT2D eigenvalue weighted by Crippen LogP contribution is 2.17. The van der Waals surface area contributed by atoms with Crippen molar-refractivity contribution in [3.63, 3.8) is 0 Å². The Labute approximate surface area is 147 Å². The standard InChI is InChI=1S/C19H25NO3S/c1-15(19(21)22)13-20(2)9-3-10-23-18-6-4-16(5-7-18)12-17-8-11-24-14-17/h4-8,11,14-15H,3,9-10,12-13H2,1-2H3,(H,21,22)/p-1. The van der Waals surface area contributed by atoms with E-state index in [1.54, 1.807) is 18.3 Å². The lowest BCUT2D eigenvalue weighted by Gasteiger charge is -2.21. The molecule has 0 N–H and O–H groups in total. The number of benzene rings is 1. The van der Waals surface area contributed by atoms with Gasteiger partial charge in [0, 0.05) is 25.0 Å². The number of hydrogen-bond acceptors (Lipinski definition) is 5. The third-order valence-corrected chi connectivity index (χ3v) is 4.58. The number of aliphatic carboxylic acids is 1. The molecule has 2 aromatic rings. The van der Waals surface area contributed by atoms with E-state index in [1.165, 1.54) is 11.1 Å². The minimum absolute atomic E-state index is 0.452. The van der Waals surface area contributed by atoms with E-state index in [-0.39, 0.29) is 0 Å². The molecule has 1 unspecified atom stereocenters. The summed E-state index contributed by atoms with van der Waals surface area (Å²) < 4.78 is 5.75. The molecule has 0 amide bonds. The van der Waals surface area contributed by atoms with Crippen molar-refractivity contribution in [2.45, 2.75) is 19.8 Å². The number of carbonyl (C=O) groups is 1. The summed E-state index contributed by atoms with van der Waals surface area (Å²) in [6, 6.07) is 10.3. The third-order valence-electron chi connectivity index (χ3n) is 3.85. The molecule has 4 nitrogen and oxygen atoms in total. The van der Waals surface area contributed by atoms with Gasteiger partial charge in [-0.15, -0.1) is 0 Å². The number of hydrogen-bond donors (Lipinski definition) is 0. The Morgan fingerprint density at radius 3 is 2.62 bits per heavy atom. The van der Waals surface area contributed by atoms with Crippen LogP contribution >= 0.6 is 11.3 Å². The molecule has 1 heterocycles. The molecule has 24 heavy (non-hydrogen) atoms. The minimum atomic E-state index is -0.999. The first-order valence-electron chi connectivity index (χ1n) is 8.17. The van der Waals surface area contributed by atoms with Gasteiger partial charge in [-0.2, -0.15) is 11.3 Å². The van der Waals surface area contributed by atoms with Crippen molar-refractivity contribution in [2.75, 3.05) is 26.7 Å². The Kier molecular flexibility index (Phi) is 7.28. The SMILES string of the molecule is CC(CN(C)CCCOc1ccc(Cc2ccsc2)cc1)C(=O)[O-]. The topological polar surface area (TPSA) is 52.6 Å². The van der Waals surface area contributed by atoms with Gasteiger partial charge in [0.2, 0.25) is 0 Å². The summed E-state index contributed by atoms with van der Waals surface area (Å²) in [5.41, 5.74) is 2.61. The highest BCUT2D eigenvalue weighted by molar-refractivity contribution is 7.07. The van der Waals surface area contributed by atoms with Crippen LogP contribution in [-0.2, 0) is 11.2 Å². The van der Waals surface area contributed by atoms with E-state index >= 15 is 0 Å². The number of rotatable bonds is 10. The predicted molar refractivity (Wildman–Crippen MR) is 95.3 cm³/mol. The Bertz CT molecular complexity index is 610. The molecule has 0 fully saturated rings. The van der Waals surface area contributed by atoms with Crippen LogP contribution in [0.1, 0.15) is 24.5 Å². The number of nitrogens with zero attached hydrogens (tertiary/aromatic N) is 1. The van der Waals surface area contributed by atoms with Gasteiger partial charge in [0.1, 0.15) is 5.75 Å². The molecular weight excluding hydrogens is 322 g/mol. The molecule has 0 saturated carbocycles. The molecule has 5 heteroatoms. The summed E-state index contributed by atoms with van der Waals surface area (Å²) in [6.07, 6.45) is 1.80. The second-order valence-corrected chi connectivity index (χ2v) is 6.92. The molecule has 1 atom stereocenters. The van der Waals surface area contributed by atoms with Gasteiger partial charge in [-0.05, 0) is 60.0 Å². The quantitative estimate of drug-likeness (QED) is 0.620. The van der Waals surface area contributed by atoms with Gasteiger partial charge in [-0.3, -0.25) is 0 Å². The maximum atomic E-state index is 10.7. The van der Waals surface area contributed by atoms with Crippen LogP contribution in [0.15, 0.2) is 41.1 Å². The maximum Gasteiger partial charge on any atom is 0.119 e. The van der Waals surface area contributed by atoms with Crippen LogP contribution in [0.5, 0.6) is 5.75 Å². The van der Waals surface area contributed by atoms with Crippen LogP contribution in [0, 0.1) is 5.92 Å². The lowest BCUT2D eigenvalue weighted by Crippen LogP contribution is -2.37. The number of carboxylic acid groups (broad SMARTS) is 1. The largest absolute Gasteiger partial charge is 0.550 e. The highest BCUT2D eigenvalue weighted by atomic mass is 32.1. The molecular formula is C19H24NO3S-. The van der Waals surface area contributed by atoms with E-state index in [2.05, 4.69) is 29.0 Å². The Morgan fingerprint density at radius 1 is 1.25 bits per heavy atom. The first kappa shape index (κ1) is 18.5. The highest BCUT2D eigenvalue weighted by Gasteiger charge is 2.07. The molecule has 1 aromatic heterocycles. The van der Waals surface area contributed by atoms with E-state index in [0.717, 1.165) is 25.1 Å². The zero-order valence-corrected chi connectivity index (χ0v) is 15.1. The molecule has 0 aliphatic rings. The molecule has 1 aromatic carbocycles. The molecule has 0 bridgehead atoms. The molecule has 130 valence electrons. The minimum Gasteiger partial charge on any atom is -0.550 e. The number of carbonyl (C=O) groups excluding carboxylic acids is 1. The summed E-state index contributed by atoms with van der Waals surface area (Å²) in [7, 11) is 1.92. The second-order valence-electron chi connectivity index (χ2n) is 6.14. The zero-order chi connectivity index (χ0) is 17.4. The van der Waals surface area contributed by atoms with Crippen molar-refractivity contribution in [2.24, 2.45) is 5.92 Å².